The van der Waals surface area contributed by atoms with Crippen molar-refractivity contribution in [2.75, 3.05) is 32.1 Å². The molecule has 2 heterocycles. The van der Waals surface area contributed by atoms with E-state index in [0.717, 1.165) is 5.56 Å². The number of ether oxygens (including phenoxy) is 1. The molecule has 0 bridgehead atoms. The van der Waals surface area contributed by atoms with E-state index in [2.05, 4.69) is 0 Å². The van der Waals surface area contributed by atoms with Crippen molar-refractivity contribution in [2.24, 2.45) is 0 Å². The molecule has 0 spiro atoms. The minimum atomic E-state index is -0.373. The lowest BCUT2D eigenvalue weighted by Gasteiger charge is -2.33. The summed E-state index contributed by atoms with van der Waals surface area (Å²) in [5.74, 6) is 0.645. The molecule has 0 radical (unpaired) electrons. The molecule has 0 aromatic heterocycles. The fourth-order valence-corrected chi connectivity index (χ4v) is 4.54. The van der Waals surface area contributed by atoms with Gasteiger partial charge in [-0.25, -0.2) is 0 Å². The van der Waals surface area contributed by atoms with Crippen LogP contribution in [0.2, 0.25) is 0 Å². The van der Waals surface area contributed by atoms with Crippen LogP contribution in [0, 0.1) is 6.92 Å². The molecule has 2 amide bonds. The Balaban J connectivity index is 1.80. The molecule has 0 unspecified atom stereocenters. The van der Waals surface area contributed by atoms with Crippen LogP contribution in [0.25, 0.3) is 0 Å². The van der Waals surface area contributed by atoms with E-state index >= 15 is 0 Å². The van der Waals surface area contributed by atoms with Crippen LogP contribution in [0.5, 0.6) is 0 Å². The third kappa shape index (κ3) is 3.38. The van der Waals surface area contributed by atoms with Crippen molar-refractivity contribution in [3.8, 4) is 0 Å². The Bertz CT molecular complexity index is 584. The van der Waals surface area contributed by atoms with Crippen LogP contribution in [0.15, 0.2) is 24.3 Å². The molecule has 1 aromatic carbocycles. The van der Waals surface area contributed by atoms with Gasteiger partial charge in [0.25, 0.3) is 0 Å². The molecule has 2 atom stereocenters. The quantitative estimate of drug-likeness (QED) is 0.828. The standard InChI is InChI=1S/C17H22N2O3S/c1-12-3-5-14(6-4-12)17-19(13(2)20)15(11-23-17)16(21)18-7-9-22-10-8-18/h3-6,15,17H,7-11H2,1-2H3/t15-,17+/m1/s1. The lowest BCUT2D eigenvalue weighted by molar-refractivity contribution is -0.146. The molecule has 2 saturated heterocycles. The Hall–Kier alpha value is -1.53. The minimum absolute atomic E-state index is 0.0469. The Morgan fingerprint density at radius 3 is 2.43 bits per heavy atom. The van der Waals surface area contributed by atoms with Gasteiger partial charge in [-0.05, 0) is 12.5 Å². The summed E-state index contributed by atoms with van der Waals surface area (Å²) in [5, 5.41) is -0.0805. The van der Waals surface area contributed by atoms with Crippen molar-refractivity contribution in [3.63, 3.8) is 0 Å². The summed E-state index contributed by atoms with van der Waals surface area (Å²) >= 11 is 1.66. The normalized spacial score (nSPS) is 24.8. The van der Waals surface area contributed by atoms with Crippen molar-refractivity contribution < 1.29 is 14.3 Å². The van der Waals surface area contributed by atoms with Gasteiger partial charge in [-0.15, -0.1) is 11.8 Å². The average molecular weight is 334 g/mol. The number of benzene rings is 1. The third-order valence-electron chi connectivity index (χ3n) is 4.33. The van der Waals surface area contributed by atoms with Crippen molar-refractivity contribution >= 4 is 23.6 Å². The molecule has 2 aliphatic heterocycles. The van der Waals surface area contributed by atoms with Gasteiger partial charge in [-0.1, -0.05) is 29.8 Å². The lowest BCUT2D eigenvalue weighted by Crippen LogP contribution is -2.52. The molecule has 3 rings (SSSR count). The highest BCUT2D eigenvalue weighted by Gasteiger charge is 2.42. The molecule has 5 nitrogen and oxygen atoms in total. The number of morpholine rings is 1. The maximum absolute atomic E-state index is 12.8. The van der Waals surface area contributed by atoms with Gasteiger partial charge in [0.1, 0.15) is 11.4 Å². The van der Waals surface area contributed by atoms with Crippen molar-refractivity contribution in [2.45, 2.75) is 25.3 Å². The smallest absolute Gasteiger partial charge is 0.246 e. The zero-order valence-electron chi connectivity index (χ0n) is 13.5. The van der Waals surface area contributed by atoms with E-state index in [0.29, 0.717) is 32.1 Å². The Labute approximate surface area is 141 Å². The van der Waals surface area contributed by atoms with E-state index in [1.165, 1.54) is 5.56 Å². The number of thioether (sulfide) groups is 1. The zero-order chi connectivity index (χ0) is 16.4. The van der Waals surface area contributed by atoms with Gasteiger partial charge in [-0.2, -0.15) is 0 Å². The zero-order valence-corrected chi connectivity index (χ0v) is 14.3. The molecular weight excluding hydrogens is 312 g/mol. The summed E-state index contributed by atoms with van der Waals surface area (Å²) in [6, 6.07) is 7.81. The van der Waals surface area contributed by atoms with Gasteiger partial charge >= 0.3 is 0 Å². The number of nitrogens with zero attached hydrogens (tertiary/aromatic N) is 2. The topological polar surface area (TPSA) is 49.9 Å². The number of hydrogen-bond donors (Lipinski definition) is 0. The average Bonchev–Trinajstić information content (AvgIpc) is 3.01. The highest BCUT2D eigenvalue weighted by atomic mass is 32.2. The molecule has 2 aliphatic rings. The van der Waals surface area contributed by atoms with Crippen LogP contribution in [-0.2, 0) is 14.3 Å². The first-order valence-electron chi connectivity index (χ1n) is 7.91. The van der Waals surface area contributed by atoms with Gasteiger partial charge in [0.15, 0.2) is 0 Å². The van der Waals surface area contributed by atoms with Gasteiger partial charge in [0.2, 0.25) is 11.8 Å². The van der Waals surface area contributed by atoms with E-state index in [1.54, 1.807) is 23.6 Å². The van der Waals surface area contributed by atoms with Crippen LogP contribution in [0.4, 0.5) is 0 Å². The largest absolute Gasteiger partial charge is 0.378 e. The number of rotatable bonds is 2. The van der Waals surface area contributed by atoms with E-state index in [-0.39, 0.29) is 23.2 Å². The number of aryl methyl sites for hydroxylation is 1. The van der Waals surface area contributed by atoms with Crippen LogP contribution in [0.3, 0.4) is 0 Å². The van der Waals surface area contributed by atoms with Crippen LogP contribution < -0.4 is 0 Å². The molecule has 124 valence electrons. The molecule has 23 heavy (non-hydrogen) atoms. The second-order valence-corrected chi connectivity index (χ2v) is 7.09. The summed E-state index contributed by atoms with van der Waals surface area (Å²) in [6.45, 7) is 5.97. The predicted molar refractivity (Wildman–Crippen MR) is 90.1 cm³/mol. The number of hydrogen-bond acceptors (Lipinski definition) is 4. The highest BCUT2D eigenvalue weighted by molar-refractivity contribution is 7.99. The first-order valence-corrected chi connectivity index (χ1v) is 8.96. The van der Waals surface area contributed by atoms with Crippen LogP contribution >= 0.6 is 11.8 Å². The summed E-state index contributed by atoms with van der Waals surface area (Å²) in [5.41, 5.74) is 2.26. The first kappa shape index (κ1) is 16.3. The summed E-state index contributed by atoms with van der Waals surface area (Å²) < 4.78 is 5.31. The van der Waals surface area contributed by atoms with E-state index in [1.807, 2.05) is 36.1 Å². The molecule has 2 fully saturated rings. The Kier molecular flexibility index (Phi) is 4.92. The van der Waals surface area contributed by atoms with Crippen LogP contribution in [0.1, 0.15) is 23.4 Å². The second kappa shape index (κ2) is 6.93. The monoisotopic (exact) mass is 334 g/mol. The number of carbonyl (C=O) groups excluding carboxylic acids is 2. The fraction of sp³-hybridized carbons (Fsp3) is 0.529. The summed E-state index contributed by atoms with van der Waals surface area (Å²) in [7, 11) is 0. The first-order chi connectivity index (χ1) is 11.1. The third-order valence-corrected chi connectivity index (χ3v) is 5.66. The molecule has 0 saturated carbocycles. The molecular formula is C17H22N2O3S. The number of amides is 2. The summed E-state index contributed by atoms with van der Waals surface area (Å²) in [6.07, 6.45) is 0. The maximum Gasteiger partial charge on any atom is 0.246 e. The molecule has 1 aromatic rings. The van der Waals surface area contributed by atoms with Gasteiger partial charge in [0, 0.05) is 25.8 Å². The Morgan fingerprint density at radius 2 is 1.83 bits per heavy atom. The fourth-order valence-electron chi connectivity index (χ4n) is 3.06. The van der Waals surface area contributed by atoms with Gasteiger partial charge in [0.05, 0.1) is 13.2 Å². The van der Waals surface area contributed by atoms with Crippen LogP contribution in [-0.4, -0.2) is 59.7 Å². The predicted octanol–water partition coefficient (Wildman–Crippen LogP) is 1.82. The molecule has 0 N–H and O–H groups in total. The maximum atomic E-state index is 12.8. The van der Waals surface area contributed by atoms with Crippen molar-refractivity contribution in [1.29, 1.82) is 0 Å². The second-order valence-electron chi connectivity index (χ2n) is 5.98. The van der Waals surface area contributed by atoms with E-state index in [9.17, 15) is 9.59 Å². The van der Waals surface area contributed by atoms with E-state index in [4.69, 9.17) is 4.74 Å². The van der Waals surface area contributed by atoms with Gasteiger partial charge < -0.3 is 14.5 Å². The summed E-state index contributed by atoms with van der Waals surface area (Å²) in [4.78, 5) is 28.6. The highest BCUT2D eigenvalue weighted by Crippen LogP contribution is 2.41. The lowest BCUT2D eigenvalue weighted by atomic mass is 10.1. The number of carbonyl (C=O) groups is 2. The molecule has 0 aliphatic carbocycles. The minimum Gasteiger partial charge on any atom is -0.378 e. The van der Waals surface area contributed by atoms with E-state index < -0.39 is 0 Å². The molecule has 6 heteroatoms. The SMILES string of the molecule is CC(=O)N1[C@@H](C(=O)N2CCOCC2)CS[C@H]1c1ccc(C)cc1. The van der Waals surface area contributed by atoms with Crippen molar-refractivity contribution in [3.05, 3.63) is 35.4 Å². The Morgan fingerprint density at radius 1 is 1.17 bits per heavy atom. The van der Waals surface area contributed by atoms with Gasteiger partial charge in [-0.3, -0.25) is 9.59 Å². The van der Waals surface area contributed by atoms with Crippen molar-refractivity contribution in [1.82, 2.24) is 9.80 Å².